The molecule has 3 rings (SSSR count). The molecule has 0 aliphatic carbocycles. The van der Waals surface area contributed by atoms with E-state index in [4.69, 9.17) is 10.5 Å². The number of aromatic nitrogens is 2. The second kappa shape index (κ2) is 9.66. The van der Waals surface area contributed by atoms with E-state index in [-0.39, 0.29) is 33.1 Å². The number of carbonyl (C=O) groups is 1. The first-order valence-electron chi connectivity index (χ1n) is 9.92. The molecule has 8 nitrogen and oxygen atoms in total. The number of rotatable bonds is 8. The number of ether oxygens (including phenoxy) is 1. The first kappa shape index (κ1) is 23.7. The molecule has 0 fully saturated rings. The molecular weight excluding hydrogens is 448 g/mol. The van der Waals surface area contributed by atoms with E-state index in [1.54, 1.807) is 12.1 Å². The minimum absolute atomic E-state index is 0.0715. The molecule has 0 atom stereocenters. The number of nitrogen functional groups attached to an aromatic ring is 1. The first-order chi connectivity index (χ1) is 15.1. The van der Waals surface area contributed by atoms with Crippen LogP contribution in [0.3, 0.4) is 0 Å². The van der Waals surface area contributed by atoms with E-state index in [0.717, 1.165) is 11.1 Å². The summed E-state index contributed by atoms with van der Waals surface area (Å²) in [5.74, 6) is 0.702. The average Bonchev–Trinajstić information content (AvgIpc) is 3.02. The third-order valence-electron chi connectivity index (χ3n) is 4.63. The van der Waals surface area contributed by atoms with Gasteiger partial charge in [-0.1, -0.05) is 13.0 Å². The van der Waals surface area contributed by atoms with Crippen LogP contribution in [0, 0.1) is 13.8 Å². The van der Waals surface area contributed by atoms with Crippen molar-refractivity contribution in [2.45, 2.75) is 42.1 Å². The summed E-state index contributed by atoms with van der Waals surface area (Å²) in [5, 5.41) is 7.41. The van der Waals surface area contributed by atoms with E-state index in [1.807, 2.05) is 39.0 Å². The van der Waals surface area contributed by atoms with Crippen LogP contribution in [0.25, 0.3) is 0 Å². The fourth-order valence-electron chi connectivity index (χ4n) is 3.30. The third kappa shape index (κ3) is 5.08. The summed E-state index contributed by atoms with van der Waals surface area (Å²) in [5.41, 5.74) is 8.91. The summed E-state index contributed by atoms with van der Waals surface area (Å²) in [6, 6.07) is 11.8. The van der Waals surface area contributed by atoms with Crippen LogP contribution in [-0.2, 0) is 21.2 Å². The Morgan fingerprint density at radius 1 is 1.16 bits per heavy atom. The summed E-state index contributed by atoms with van der Waals surface area (Å²) >= 11 is 1.25. The van der Waals surface area contributed by atoms with E-state index in [9.17, 15) is 13.2 Å². The largest absolute Gasteiger partial charge is 0.497 e. The molecule has 3 aromatic rings. The normalized spacial score (nSPS) is 11.4. The van der Waals surface area contributed by atoms with Gasteiger partial charge in [-0.3, -0.25) is 4.79 Å². The SMILES string of the molecule is CCSc1nn(CC(=O)Nc2cc(C)cc(C)c2)c(N)c1S(=O)(=O)c1ccc(OC)cc1. The lowest BCUT2D eigenvalue weighted by Crippen LogP contribution is -2.21. The molecule has 10 heteroatoms. The lowest BCUT2D eigenvalue weighted by atomic mass is 10.1. The van der Waals surface area contributed by atoms with Crippen molar-refractivity contribution in [3.8, 4) is 5.75 Å². The maximum atomic E-state index is 13.3. The highest BCUT2D eigenvalue weighted by atomic mass is 32.2. The van der Waals surface area contributed by atoms with Crippen molar-refractivity contribution in [2.75, 3.05) is 23.9 Å². The minimum atomic E-state index is -3.95. The van der Waals surface area contributed by atoms with Gasteiger partial charge in [-0.15, -0.1) is 11.8 Å². The second-order valence-electron chi connectivity index (χ2n) is 7.21. The molecular formula is C22H26N4O4S2. The molecule has 0 saturated heterocycles. The second-order valence-corrected chi connectivity index (χ2v) is 10.4. The zero-order chi connectivity index (χ0) is 23.5. The maximum Gasteiger partial charge on any atom is 0.246 e. The monoisotopic (exact) mass is 474 g/mol. The van der Waals surface area contributed by atoms with Gasteiger partial charge < -0.3 is 15.8 Å². The number of thioether (sulfide) groups is 1. The zero-order valence-electron chi connectivity index (χ0n) is 18.4. The molecule has 1 amide bonds. The number of carbonyl (C=O) groups excluding carboxylic acids is 1. The number of benzene rings is 2. The molecule has 2 aromatic carbocycles. The fraction of sp³-hybridized carbons (Fsp3) is 0.273. The molecule has 3 N–H and O–H groups in total. The van der Waals surface area contributed by atoms with Gasteiger partial charge in [0.15, 0.2) is 0 Å². The van der Waals surface area contributed by atoms with Gasteiger partial charge in [-0.2, -0.15) is 5.10 Å². The van der Waals surface area contributed by atoms with Crippen LogP contribution in [0.5, 0.6) is 5.75 Å². The van der Waals surface area contributed by atoms with Crippen LogP contribution in [0.1, 0.15) is 18.1 Å². The standard InChI is InChI=1S/C22H26N4O4S2/c1-5-31-22-20(32(28,29)18-8-6-17(30-4)7-9-18)21(23)26(25-22)13-19(27)24-16-11-14(2)10-15(3)12-16/h6-12H,5,13,23H2,1-4H3,(H,24,27). The molecule has 0 aliphatic heterocycles. The number of nitrogens with zero attached hydrogens (tertiary/aromatic N) is 2. The highest BCUT2D eigenvalue weighted by Gasteiger charge is 2.30. The fourth-order valence-corrected chi connectivity index (χ4v) is 5.85. The minimum Gasteiger partial charge on any atom is -0.497 e. The van der Waals surface area contributed by atoms with Gasteiger partial charge in [0.1, 0.15) is 28.0 Å². The van der Waals surface area contributed by atoms with Crippen molar-refractivity contribution >= 4 is 39.0 Å². The number of nitrogens with two attached hydrogens (primary N) is 1. The molecule has 170 valence electrons. The maximum absolute atomic E-state index is 13.3. The number of amides is 1. The van der Waals surface area contributed by atoms with Gasteiger partial charge in [0.2, 0.25) is 15.7 Å². The predicted molar refractivity (Wildman–Crippen MR) is 126 cm³/mol. The van der Waals surface area contributed by atoms with E-state index in [1.165, 1.54) is 35.7 Å². The summed E-state index contributed by atoms with van der Waals surface area (Å²) in [6.45, 7) is 5.56. The van der Waals surface area contributed by atoms with Gasteiger partial charge >= 0.3 is 0 Å². The summed E-state index contributed by atoms with van der Waals surface area (Å²) in [6.07, 6.45) is 0. The van der Waals surface area contributed by atoms with Crippen LogP contribution in [0.4, 0.5) is 11.5 Å². The van der Waals surface area contributed by atoms with Crippen LogP contribution >= 0.6 is 11.8 Å². The Morgan fingerprint density at radius 2 is 1.78 bits per heavy atom. The lowest BCUT2D eigenvalue weighted by molar-refractivity contribution is -0.116. The molecule has 0 bridgehead atoms. The molecule has 0 unspecified atom stereocenters. The Kier molecular flexibility index (Phi) is 7.15. The van der Waals surface area contributed by atoms with E-state index in [2.05, 4.69) is 10.4 Å². The number of aryl methyl sites for hydroxylation is 2. The van der Waals surface area contributed by atoms with Crippen LogP contribution in [0.2, 0.25) is 0 Å². The Bertz CT molecular complexity index is 1220. The van der Waals surface area contributed by atoms with Crippen molar-refractivity contribution in [2.24, 2.45) is 0 Å². The van der Waals surface area contributed by atoms with E-state index in [0.29, 0.717) is 17.2 Å². The molecule has 0 radical (unpaired) electrons. The van der Waals surface area contributed by atoms with Crippen molar-refractivity contribution in [1.29, 1.82) is 0 Å². The summed E-state index contributed by atoms with van der Waals surface area (Å²) in [4.78, 5) is 12.6. The summed E-state index contributed by atoms with van der Waals surface area (Å²) < 4.78 is 33.0. The molecule has 0 saturated carbocycles. The highest BCUT2D eigenvalue weighted by molar-refractivity contribution is 8.00. The number of hydrogen-bond donors (Lipinski definition) is 2. The van der Waals surface area contributed by atoms with Gasteiger partial charge in [-0.25, -0.2) is 13.1 Å². The zero-order valence-corrected chi connectivity index (χ0v) is 20.0. The topological polar surface area (TPSA) is 116 Å². The van der Waals surface area contributed by atoms with Gasteiger partial charge in [0, 0.05) is 5.69 Å². The Labute approximate surface area is 192 Å². The number of methoxy groups -OCH3 is 1. The van der Waals surface area contributed by atoms with Crippen LogP contribution < -0.4 is 15.8 Å². The Hall–Kier alpha value is -2.98. The number of sulfone groups is 1. The van der Waals surface area contributed by atoms with Crippen molar-refractivity contribution in [3.05, 3.63) is 53.6 Å². The van der Waals surface area contributed by atoms with Crippen molar-refractivity contribution < 1.29 is 17.9 Å². The smallest absolute Gasteiger partial charge is 0.246 e. The molecule has 0 aliphatic rings. The first-order valence-corrected chi connectivity index (χ1v) is 12.4. The Balaban J connectivity index is 1.93. The van der Waals surface area contributed by atoms with E-state index >= 15 is 0 Å². The summed E-state index contributed by atoms with van der Waals surface area (Å²) in [7, 11) is -2.44. The van der Waals surface area contributed by atoms with Gasteiger partial charge in [-0.05, 0) is 67.1 Å². The lowest BCUT2D eigenvalue weighted by Gasteiger charge is -2.09. The van der Waals surface area contributed by atoms with Gasteiger partial charge in [0.25, 0.3) is 0 Å². The number of hydrogen-bond acceptors (Lipinski definition) is 7. The Morgan fingerprint density at radius 3 is 2.34 bits per heavy atom. The molecule has 1 heterocycles. The number of anilines is 2. The third-order valence-corrected chi connectivity index (χ3v) is 7.44. The van der Waals surface area contributed by atoms with Crippen molar-refractivity contribution in [1.82, 2.24) is 9.78 Å². The van der Waals surface area contributed by atoms with Gasteiger partial charge in [0.05, 0.1) is 12.0 Å². The molecule has 1 aromatic heterocycles. The average molecular weight is 475 g/mol. The predicted octanol–water partition coefficient (Wildman–Crippen LogP) is 3.67. The van der Waals surface area contributed by atoms with Crippen LogP contribution in [-0.4, -0.2) is 37.0 Å². The molecule has 0 spiro atoms. The molecule has 32 heavy (non-hydrogen) atoms. The quantitative estimate of drug-likeness (QED) is 0.478. The van der Waals surface area contributed by atoms with Crippen LogP contribution in [0.15, 0.2) is 57.3 Å². The highest BCUT2D eigenvalue weighted by Crippen LogP contribution is 2.35. The number of nitrogens with one attached hydrogen (secondary N) is 1. The van der Waals surface area contributed by atoms with Crippen molar-refractivity contribution in [3.63, 3.8) is 0 Å². The van der Waals surface area contributed by atoms with E-state index < -0.39 is 9.84 Å².